The van der Waals surface area contributed by atoms with Gasteiger partial charge in [-0.3, -0.25) is 0 Å². The second kappa shape index (κ2) is 8.40. The molecule has 2 nitrogen and oxygen atoms in total. The third-order valence-electron chi connectivity index (χ3n) is 9.02. The van der Waals surface area contributed by atoms with Gasteiger partial charge in [0.05, 0.1) is 22.7 Å². The Morgan fingerprint density at radius 1 is 0.824 bits per heavy atom. The zero-order valence-electron chi connectivity index (χ0n) is 23.4. The van der Waals surface area contributed by atoms with Gasteiger partial charge in [-0.15, -0.1) is 4.68 Å². The van der Waals surface area contributed by atoms with E-state index < -0.39 is 0 Å². The quantitative estimate of drug-likeness (QED) is 0.340. The molecule has 0 aliphatic carbocycles. The van der Waals surface area contributed by atoms with Gasteiger partial charge in [-0.05, 0) is 70.1 Å². The van der Waals surface area contributed by atoms with E-state index in [1.807, 2.05) is 0 Å². The number of nitrogens with zero attached hydrogens (tertiary/aromatic N) is 2. The number of aryl methyl sites for hydroxylation is 2. The van der Waals surface area contributed by atoms with Crippen molar-refractivity contribution in [2.45, 2.75) is 112 Å². The van der Waals surface area contributed by atoms with Crippen molar-refractivity contribution in [3.8, 4) is 16.8 Å². The van der Waals surface area contributed by atoms with E-state index in [0.717, 1.165) is 12.8 Å². The van der Waals surface area contributed by atoms with Crippen molar-refractivity contribution in [1.82, 2.24) is 4.68 Å². The molecule has 1 aliphatic heterocycles. The van der Waals surface area contributed by atoms with Crippen LogP contribution < -0.4 is 4.68 Å². The van der Waals surface area contributed by atoms with Crippen LogP contribution in [0.4, 0.5) is 0 Å². The molecule has 0 saturated heterocycles. The number of hydrogen-bond acceptors (Lipinski definition) is 0. The minimum atomic E-state index is 0.0116. The maximum absolute atomic E-state index is 2.67. The molecule has 1 aromatic heterocycles. The fourth-order valence-corrected chi connectivity index (χ4v) is 7.23. The highest BCUT2D eigenvalue weighted by Crippen LogP contribution is 2.56. The summed E-state index contributed by atoms with van der Waals surface area (Å²) in [5.41, 5.74) is 12.9. The summed E-state index contributed by atoms with van der Waals surface area (Å²) in [6.07, 6.45) is 2.22. The number of aromatic nitrogens is 2. The fraction of sp³-hybridized carbons (Fsp3) is 0.531. The van der Waals surface area contributed by atoms with Gasteiger partial charge in [0, 0.05) is 16.5 Å². The lowest BCUT2D eigenvalue weighted by molar-refractivity contribution is -0.703. The molecule has 0 N–H and O–H groups in total. The fourth-order valence-electron chi connectivity index (χ4n) is 7.23. The lowest BCUT2D eigenvalue weighted by Crippen LogP contribution is -2.61. The van der Waals surface area contributed by atoms with Crippen molar-refractivity contribution < 1.29 is 4.68 Å². The maximum Gasteiger partial charge on any atom is 0.243 e. The predicted octanol–water partition coefficient (Wildman–Crippen LogP) is 8.41. The summed E-state index contributed by atoms with van der Waals surface area (Å²) in [5.74, 6) is 0.460. The molecule has 0 amide bonds. The second-order valence-corrected chi connectivity index (χ2v) is 11.6. The topological polar surface area (TPSA) is 8.81 Å². The van der Waals surface area contributed by atoms with E-state index in [9.17, 15) is 0 Å². The smallest absolute Gasteiger partial charge is 0.149 e. The highest BCUT2D eigenvalue weighted by molar-refractivity contribution is 5.76. The summed E-state index contributed by atoms with van der Waals surface area (Å²) in [6, 6.07) is 14.2. The van der Waals surface area contributed by atoms with E-state index in [0.29, 0.717) is 12.0 Å². The van der Waals surface area contributed by atoms with Crippen LogP contribution in [0.5, 0.6) is 0 Å². The minimum Gasteiger partial charge on any atom is -0.149 e. The monoisotopic (exact) mass is 457 g/mol. The zero-order chi connectivity index (χ0) is 25.2. The second-order valence-electron chi connectivity index (χ2n) is 11.6. The molecule has 0 atom stereocenters. The van der Waals surface area contributed by atoms with Crippen molar-refractivity contribution in [2.24, 2.45) is 0 Å². The first kappa shape index (κ1) is 24.8. The lowest BCUT2D eigenvalue weighted by atomic mass is 9.54. The van der Waals surface area contributed by atoms with E-state index in [1.165, 1.54) is 50.5 Å². The molecule has 1 aliphatic rings. The molecule has 2 aromatic carbocycles. The first-order chi connectivity index (χ1) is 16.0. The Morgan fingerprint density at radius 3 is 1.88 bits per heavy atom. The van der Waals surface area contributed by atoms with Crippen LogP contribution in [0.1, 0.15) is 114 Å². The molecule has 2 heteroatoms. The van der Waals surface area contributed by atoms with E-state index in [1.54, 1.807) is 0 Å². The van der Waals surface area contributed by atoms with Gasteiger partial charge in [0.15, 0.2) is 0 Å². The summed E-state index contributed by atoms with van der Waals surface area (Å²) in [4.78, 5) is 0. The molecule has 0 saturated carbocycles. The molecular formula is C32H45N2+. The Hall–Kier alpha value is -2.35. The minimum absolute atomic E-state index is 0.0116. The Morgan fingerprint density at radius 2 is 1.38 bits per heavy atom. The number of hydrogen-bond donors (Lipinski definition) is 0. The van der Waals surface area contributed by atoms with Crippen LogP contribution in [0, 0.1) is 20.8 Å². The predicted molar refractivity (Wildman–Crippen MR) is 145 cm³/mol. The van der Waals surface area contributed by atoms with Gasteiger partial charge in [0.25, 0.3) is 0 Å². The molecule has 3 aromatic rings. The summed E-state index contributed by atoms with van der Waals surface area (Å²) in [5, 5.41) is 0. The third kappa shape index (κ3) is 3.10. The van der Waals surface area contributed by atoms with Crippen molar-refractivity contribution >= 4 is 0 Å². The van der Waals surface area contributed by atoms with Gasteiger partial charge in [-0.25, -0.2) is 0 Å². The molecule has 0 bridgehead atoms. The average molecular weight is 458 g/mol. The van der Waals surface area contributed by atoms with Crippen LogP contribution >= 0.6 is 0 Å². The van der Waals surface area contributed by atoms with Crippen LogP contribution in [0.2, 0.25) is 0 Å². The number of fused-ring (bicyclic) bond motifs is 3. The summed E-state index contributed by atoms with van der Waals surface area (Å²) in [6.45, 7) is 26.1. The zero-order valence-corrected chi connectivity index (χ0v) is 23.4. The van der Waals surface area contributed by atoms with Gasteiger partial charge in [0.2, 0.25) is 11.4 Å². The van der Waals surface area contributed by atoms with Gasteiger partial charge >= 0.3 is 0 Å². The summed E-state index contributed by atoms with van der Waals surface area (Å²) >= 11 is 0. The van der Waals surface area contributed by atoms with Crippen molar-refractivity contribution in [3.05, 3.63) is 70.0 Å². The third-order valence-corrected chi connectivity index (χ3v) is 9.02. The molecule has 4 rings (SSSR count). The first-order valence-electron chi connectivity index (χ1n) is 13.3. The molecule has 34 heavy (non-hydrogen) atoms. The molecular weight excluding hydrogens is 412 g/mol. The molecule has 0 fully saturated rings. The molecule has 0 unspecified atom stereocenters. The molecule has 2 heterocycles. The Bertz CT molecular complexity index is 1210. The van der Waals surface area contributed by atoms with E-state index in [4.69, 9.17) is 0 Å². The summed E-state index contributed by atoms with van der Waals surface area (Å²) < 4.78 is 5.26. The van der Waals surface area contributed by atoms with Gasteiger partial charge in [-0.2, -0.15) is 0 Å². The summed E-state index contributed by atoms with van der Waals surface area (Å²) in [7, 11) is 0. The van der Waals surface area contributed by atoms with Crippen LogP contribution in [0.3, 0.4) is 0 Å². The average Bonchev–Trinajstić information content (AvgIpc) is 3.07. The highest BCUT2D eigenvalue weighted by atomic mass is 15.4. The van der Waals surface area contributed by atoms with Crippen LogP contribution in [0.25, 0.3) is 16.8 Å². The van der Waals surface area contributed by atoms with E-state index in [2.05, 4.69) is 122 Å². The largest absolute Gasteiger partial charge is 0.243 e. The number of rotatable bonds is 5. The Balaban J connectivity index is 2.35. The molecule has 182 valence electrons. The van der Waals surface area contributed by atoms with Gasteiger partial charge in [0.1, 0.15) is 0 Å². The molecule has 0 spiro atoms. The van der Waals surface area contributed by atoms with E-state index >= 15 is 0 Å². The molecule has 0 radical (unpaired) electrons. The first-order valence-corrected chi connectivity index (χ1v) is 13.3. The van der Waals surface area contributed by atoms with Crippen molar-refractivity contribution in [2.75, 3.05) is 0 Å². The maximum atomic E-state index is 2.67. The van der Waals surface area contributed by atoms with Gasteiger partial charge < -0.3 is 0 Å². The van der Waals surface area contributed by atoms with Crippen LogP contribution in [-0.4, -0.2) is 4.68 Å². The Labute approximate surface area is 208 Å². The van der Waals surface area contributed by atoms with Gasteiger partial charge in [-0.1, -0.05) is 82.6 Å². The van der Waals surface area contributed by atoms with Crippen LogP contribution in [0.15, 0.2) is 36.4 Å². The standard InChI is InChI=1S/C32H45N2/c1-12-32(13-2)30-28(27-22(7)16-14-17-23(27)8)24(9)33(21(5)6)34(30)29-25(20(3)4)18-15-19-26(29)31(32,10)11/h14-21H,12-13H2,1-11H3/q+1. The van der Waals surface area contributed by atoms with Crippen LogP contribution in [-0.2, 0) is 10.8 Å². The van der Waals surface area contributed by atoms with Crippen molar-refractivity contribution in [3.63, 3.8) is 0 Å². The number of benzene rings is 2. The Kier molecular flexibility index (Phi) is 6.12. The SMILES string of the molecule is CCC1(CC)c2c(-c3c(C)cccc3C)c(C)n(C(C)C)[n+]2-c2c(C(C)C)cccc2C1(C)C. The van der Waals surface area contributed by atoms with E-state index in [-0.39, 0.29) is 10.8 Å². The van der Waals surface area contributed by atoms with Crippen molar-refractivity contribution in [1.29, 1.82) is 0 Å². The number of para-hydroxylation sites is 1. The normalized spacial score (nSPS) is 16.1. The highest BCUT2D eigenvalue weighted by Gasteiger charge is 2.60. The lowest BCUT2D eigenvalue weighted by Gasteiger charge is -2.47.